The fourth-order valence-electron chi connectivity index (χ4n) is 3.56. The van der Waals surface area contributed by atoms with Crippen molar-refractivity contribution in [3.05, 3.63) is 64.9 Å². The quantitative estimate of drug-likeness (QED) is 0.651. The Hall–Kier alpha value is -3.35. The van der Waals surface area contributed by atoms with Crippen LogP contribution in [0, 0.1) is 0 Å². The normalized spacial score (nSPS) is 13.5. The summed E-state index contributed by atoms with van der Waals surface area (Å²) in [6.45, 7) is 8.00. The number of para-hydroxylation sites is 1. The number of aromatic nitrogens is 3. The van der Waals surface area contributed by atoms with Gasteiger partial charge in [0.2, 0.25) is 5.91 Å². The van der Waals surface area contributed by atoms with Gasteiger partial charge in [-0.15, -0.1) is 0 Å². The summed E-state index contributed by atoms with van der Waals surface area (Å²) in [4.78, 5) is 24.7. The molecule has 4 heterocycles. The van der Waals surface area contributed by atoms with E-state index in [1.807, 2.05) is 52.0 Å². The number of carbonyl (C=O) groups is 1. The molecule has 5 rings (SSSR count). The van der Waals surface area contributed by atoms with E-state index in [0.29, 0.717) is 31.5 Å². The van der Waals surface area contributed by atoms with Crippen molar-refractivity contribution >= 4 is 23.1 Å². The monoisotopic (exact) mass is 419 g/mol. The minimum atomic E-state index is 0.00496. The van der Waals surface area contributed by atoms with Gasteiger partial charge in [-0.25, -0.2) is 9.97 Å². The Balaban J connectivity index is 0.000000645. The molecule has 3 aromatic rings. The standard InChI is InChI=1S/C20H17N5O2.2C2H6/c26-19-8-6-14-16(21-11-22-20(14)24-19)7-5-13-10-18(25-27-13)17-9-12-3-1-2-4-15(12)23-17;2*1-2/h1-4,10-11H,5-9H2,(H,21,22,24,26);2*1-2H3. The molecule has 0 fully saturated rings. The van der Waals surface area contributed by atoms with Gasteiger partial charge in [0.05, 0.1) is 11.4 Å². The Kier molecular flexibility index (Phi) is 7.65. The number of amides is 1. The van der Waals surface area contributed by atoms with Gasteiger partial charge in [-0.1, -0.05) is 51.1 Å². The number of rotatable bonds is 4. The molecule has 7 nitrogen and oxygen atoms in total. The lowest BCUT2D eigenvalue weighted by molar-refractivity contribution is -0.116. The molecule has 0 unspecified atom stereocenters. The summed E-state index contributed by atoms with van der Waals surface area (Å²) >= 11 is 0. The molecule has 0 aliphatic carbocycles. The smallest absolute Gasteiger partial charge is 0.225 e. The van der Waals surface area contributed by atoms with E-state index in [-0.39, 0.29) is 5.91 Å². The van der Waals surface area contributed by atoms with E-state index in [1.165, 1.54) is 11.9 Å². The summed E-state index contributed by atoms with van der Waals surface area (Å²) in [6, 6.07) is 10.1. The summed E-state index contributed by atoms with van der Waals surface area (Å²) in [7, 11) is 0. The van der Waals surface area contributed by atoms with E-state index in [0.717, 1.165) is 40.5 Å². The van der Waals surface area contributed by atoms with Crippen LogP contribution >= 0.6 is 0 Å². The molecular formula is C24H29N5O2. The molecule has 1 N–H and O–H groups in total. The minimum absolute atomic E-state index is 0.00496. The van der Waals surface area contributed by atoms with Crippen LogP contribution in [-0.4, -0.2) is 26.7 Å². The van der Waals surface area contributed by atoms with E-state index in [9.17, 15) is 4.79 Å². The summed E-state index contributed by atoms with van der Waals surface area (Å²) in [5.41, 5.74) is 5.92. The van der Waals surface area contributed by atoms with Crippen molar-refractivity contribution in [2.24, 2.45) is 4.99 Å². The van der Waals surface area contributed by atoms with Gasteiger partial charge in [0.1, 0.15) is 23.6 Å². The topological polar surface area (TPSA) is 93.3 Å². The number of fused-ring (bicyclic) bond motifs is 2. The highest BCUT2D eigenvalue weighted by molar-refractivity contribution is 6.05. The molecule has 2 aliphatic rings. The molecule has 0 saturated carbocycles. The number of nitrogens with zero attached hydrogens (tertiary/aromatic N) is 4. The van der Waals surface area contributed by atoms with Crippen molar-refractivity contribution in [1.29, 1.82) is 0 Å². The van der Waals surface area contributed by atoms with Gasteiger partial charge in [-0.2, -0.15) is 0 Å². The number of benzene rings is 1. The average Bonchev–Trinajstić information content (AvgIpc) is 3.47. The van der Waals surface area contributed by atoms with Crippen LogP contribution in [0.4, 0.5) is 11.5 Å². The van der Waals surface area contributed by atoms with E-state index in [2.05, 4.69) is 31.5 Å². The fraction of sp³-hybridized carbons (Fsp3) is 0.375. The first-order chi connectivity index (χ1) is 15.3. The molecule has 2 aromatic heterocycles. The maximum atomic E-state index is 11.5. The van der Waals surface area contributed by atoms with Crippen LogP contribution in [0.25, 0.3) is 0 Å². The third kappa shape index (κ3) is 5.05. The Labute approximate surface area is 183 Å². The van der Waals surface area contributed by atoms with Crippen molar-refractivity contribution in [3.63, 3.8) is 0 Å². The summed E-state index contributed by atoms with van der Waals surface area (Å²) < 4.78 is 5.51. The molecule has 0 bridgehead atoms. The van der Waals surface area contributed by atoms with Crippen molar-refractivity contribution in [1.82, 2.24) is 15.1 Å². The summed E-state index contributed by atoms with van der Waals surface area (Å²) in [6.07, 6.45) is 4.82. The second kappa shape index (κ2) is 10.6. The van der Waals surface area contributed by atoms with Crippen LogP contribution in [0.1, 0.15) is 62.4 Å². The zero-order valence-electron chi connectivity index (χ0n) is 18.6. The highest BCUT2D eigenvalue weighted by Crippen LogP contribution is 2.28. The fourth-order valence-corrected chi connectivity index (χ4v) is 3.56. The van der Waals surface area contributed by atoms with Gasteiger partial charge in [-0.3, -0.25) is 9.79 Å². The first-order valence-electron chi connectivity index (χ1n) is 11.0. The summed E-state index contributed by atoms with van der Waals surface area (Å²) in [5.74, 6) is 1.44. The maximum absolute atomic E-state index is 11.5. The molecule has 0 spiro atoms. The first kappa shape index (κ1) is 22.3. The van der Waals surface area contributed by atoms with Gasteiger partial charge in [0.15, 0.2) is 0 Å². The van der Waals surface area contributed by atoms with Crippen molar-refractivity contribution in [2.45, 2.75) is 59.8 Å². The summed E-state index contributed by atoms with van der Waals surface area (Å²) in [5, 5.41) is 7.00. The SMILES string of the molecule is CC.CC.O=C1CCc2c(CCc3cc(C4=Nc5ccccc5C4)no3)ncnc2N1. The highest BCUT2D eigenvalue weighted by atomic mass is 16.5. The highest BCUT2D eigenvalue weighted by Gasteiger charge is 2.21. The molecule has 162 valence electrons. The van der Waals surface area contributed by atoms with E-state index < -0.39 is 0 Å². The number of anilines is 1. The van der Waals surface area contributed by atoms with E-state index >= 15 is 0 Å². The predicted molar refractivity (Wildman–Crippen MR) is 122 cm³/mol. The van der Waals surface area contributed by atoms with E-state index in [1.54, 1.807) is 0 Å². The van der Waals surface area contributed by atoms with Crippen LogP contribution in [-0.2, 0) is 30.5 Å². The molecule has 0 saturated heterocycles. The molecule has 31 heavy (non-hydrogen) atoms. The number of nitrogens with one attached hydrogen (secondary N) is 1. The third-order valence-corrected chi connectivity index (χ3v) is 4.96. The van der Waals surface area contributed by atoms with Crippen LogP contribution in [0.5, 0.6) is 0 Å². The molecule has 1 amide bonds. The van der Waals surface area contributed by atoms with Crippen LogP contribution < -0.4 is 5.32 Å². The predicted octanol–water partition coefficient (Wildman–Crippen LogP) is 4.86. The number of hydrogen-bond donors (Lipinski definition) is 1. The van der Waals surface area contributed by atoms with Gasteiger partial charge in [-0.05, 0) is 24.5 Å². The molecule has 7 heteroatoms. The zero-order chi connectivity index (χ0) is 22.2. The number of carbonyl (C=O) groups excluding carboxylic acids is 1. The van der Waals surface area contributed by atoms with Crippen LogP contribution in [0.2, 0.25) is 0 Å². The van der Waals surface area contributed by atoms with E-state index in [4.69, 9.17) is 4.52 Å². The van der Waals surface area contributed by atoms with Crippen LogP contribution in [0.15, 0.2) is 46.2 Å². The Bertz CT molecular complexity index is 1070. The second-order valence-corrected chi connectivity index (χ2v) is 6.74. The third-order valence-electron chi connectivity index (χ3n) is 4.96. The Morgan fingerprint density at radius 1 is 1.03 bits per heavy atom. The largest absolute Gasteiger partial charge is 0.361 e. The minimum Gasteiger partial charge on any atom is -0.361 e. The van der Waals surface area contributed by atoms with Crippen molar-refractivity contribution in [2.75, 3.05) is 5.32 Å². The van der Waals surface area contributed by atoms with Crippen molar-refractivity contribution < 1.29 is 9.32 Å². The Morgan fingerprint density at radius 3 is 2.65 bits per heavy atom. The van der Waals surface area contributed by atoms with Crippen molar-refractivity contribution in [3.8, 4) is 0 Å². The van der Waals surface area contributed by atoms with Gasteiger partial charge in [0.25, 0.3) is 0 Å². The lowest BCUT2D eigenvalue weighted by atomic mass is 10.0. The molecule has 2 aliphatic heterocycles. The zero-order valence-corrected chi connectivity index (χ0v) is 18.6. The lowest BCUT2D eigenvalue weighted by Gasteiger charge is -2.17. The second-order valence-electron chi connectivity index (χ2n) is 6.74. The average molecular weight is 420 g/mol. The Morgan fingerprint density at radius 2 is 1.84 bits per heavy atom. The van der Waals surface area contributed by atoms with Crippen LogP contribution in [0.3, 0.4) is 0 Å². The first-order valence-corrected chi connectivity index (χ1v) is 11.0. The van der Waals surface area contributed by atoms with Gasteiger partial charge in [0, 0.05) is 36.6 Å². The number of hydrogen-bond acceptors (Lipinski definition) is 6. The number of aryl methyl sites for hydroxylation is 2. The number of aliphatic imine (C=N–C) groups is 1. The van der Waals surface area contributed by atoms with Gasteiger partial charge >= 0.3 is 0 Å². The maximum Gasteiger partial charge on any atom is 0.225 e. The van der Waals surface area contributed by atoms with Gasteiger partial charge < -0.3 is 9.84 Å². The lowest BCUT2D eigenvalue weighted by Crippen LogP contribution is -2.22. The molecule has 0 radical (unpaired) electrons. The molecular weight excluding hydrogens is 390 g/mol. The molecule has 1 aromatic carbocycles. The molecule has 0 atom stereocenters.